The van der Waals surface area contributed by atoms with Crippen LogP contribution in [0.4, 0.5) is 0 Å². The van der Waals surface area contributed by atoms with Crippen molar-refractivity contribution in [2.45, 2.75) is 13.8 Å². The minimum Gasteiger partial charge on any atom is -0.497 e. The average molecular weight is 267 g/mol. The summed E-state index contributed by atoms with van der Waals surface area (Å²) in [4.78, 5) is 12.0. The first kappa shape index (κ1) is 15.3. The summed E-state index contributed by atoms with van der Waals surface area (Å²) in [6.45, 7) is 4.15. The Morgan fingerprint density at radius 2 is 1.74 bits per heavy atom. The Morgan fingerprint density at radius 1 is 1.21 bits per heavy atom. The van der Waals surface area contributed by atoms with Crippen LogP contribution in [0.25, 0.3) is 0 Å². The molecule has 0 saturated carbocycles. The molecule has 106 valence electrons. The summed E-state index contributed by atoms with van der Waals surface area (Å²) < 4.78 is 10.2. The summed E-state index contributed by atoms with van der Waals surface area (Å²) in [6.07, 6.45) is 0. The second kappa shape index (κ2) is 6.43. The molecule has 0 aliphatic rings. The summed E-state index contributed by atoms with van der Waals surface area (Å²) >= 11 is 0. The molecular weight excluding hydrogens is 246 g/mol. The van der Waals surface area contributed by atoms with Crippen LogP contribution < -0.4 is 14.8 Å². The average Bonchev–Trinajstić information content (AvgIpc) is 2.44. The fourth-order valence-electron chi connectivity index (χ4n) is 1.42. The monoisotopic (exact) mass is 267 g/mol. The van der Waals surface area contributed by atoms with Crippen molar-refractivity contribution in [3.05, 3.63) is 23.8 Å². The molecule has 1 rings (SSSR count). The van der Waals surface area contributed by atoms with Gasteiger partial charge in [-0.3, -0.25) is 4.79 Å². The highest BCUT2D eigenvalue weighted by molar-refractivity contribution is 5.95. The number of hydrogen-bond donors (Lipinski definition) is 2. The standard InChI is InChI=1S/C14H21NO4/c1-14(2,9-16)8-15-13(17)10-5-11(18-3)7-12(6-10)19-4/h5-7,16H,8-9H2,1-4H3,(H,15,17). The van der Waals surface area contributed by atoms with Crippen LogP contribution in [-0.4, -0.2) is 38.4 Å². The van der Waals surface area contributed by atoms with Gasteiger partial charge in [0.1, 0.15) is 11.5 Å². The van der Waals surface area contributed by atoms with E-state index in [1.54, 1.807) is 18.2 Å². The number of carbonyl (C=O) groups excluding carboxylic acids is 1. The normalized spacial score (nSPS) is 11.0. The van der Waals surface area contributed by atoms with Crippen molar-refractivity contribution in [1.29, 1.82) is 0 Å². The first-order valence-corrected chi connectivity index (χ1v) is 6.04. The molecule has 5 nitrogen and oxygen atoms in total. The summed E-state index contributed by atoms with van der Waals surface area (Å²) in [5, 5.41) is 11.9. The molecule has 0 bridgehead atoms. The number of hydrogen-bond acceptors (Lipinski definition) is 4. The third-order valence-electron chi connectivity index (χ3n) is 2.77. The molecule has 0 unspecified atom stereocenters. The molecule has 0 spiro atoms. The summed E-state index contributed by atoms with van der Waals surface area (Å²) in [6, 6.07) is 4.99. The van der Waals surface area contributed by atoms with Gasteiger partial charge in [-0.1, -0.05) is 13.8 Å². The zero-order valence-electron chi connectivity index (χ0n) is 11.8. The van der Waals surface area contributed by atoms with E-state index in [-0.39, 0.29) is 17.9 Å². The highest BCUT2D eigenvalue weighted by Gasteiger charge is 2.18. The van der Waals surface area contributed by atoms with E-state index >= 15 is 0 Å². The van der Waals surface area contributed by atoms with Gasteiger partial charge in [-0.2, -0.15) is 0 Å². The van der Waals surface area contributed by atoms with Gasteiger partial charge in [-0.25, -0.2) is 0 Å². The third-order valence-corrected chi connectivity index (χ3v) is 2.77. The number of amides is 1. The molecule has 1 aromatic carbocycles. The molecule has 0 aromatic heterocycles. The van der Waals surface area contributed by atoms with Gasteiger partial charge in [0.2, 0.25) is 0 Å². The van der Waals surface area contributed by atoms with Crippen LogP contribution in [0.2, 0.25) is 0 Å². The van der Waals surface area contributed by atoms with Crippen molar-refractivity contribution in [2.75, 3.05) is 27.4 Å². The molecule has 0 radical (unpaired) electrons. The fraction of sp³-hybridized carbons (Fsp3) is 0.500. The minimum absolute atomic E-state index is 0.00864. The number of rotatable bonds is 6. The largest absolute Gasteiger partial charge is 0.497 e. The first-order valence-electron chi connectivity index (χ1n) is 6.04. The van der Waals surface area contributed by atoms with E-state index < -0.39 is 0 Å². The Hall–Kier alpha value is -1.75. The Balaban J connectivity index is 2.81. The van der Waals surface area contributed by atoms with Crippen LogP contribution in [-0.2, 0) is 0 Å². The molecule has 0 fully saturated rings. The van der Waals surface area contributed by atoms with Gasteiger partial charge in [0.25, 0.3) is 5.91 Å². The first-order chi connectivity index (χ1) is 8.91. The summed E-state index contributed by atoms with van der Waals surface area (Å²) in [7, 11) is 3.07. The number of nitrogens with one attached hydrogen (secondary N) is 1. The lowest BCUT2D eigenvalue weighted by Crippen LogP contribution is -2.36. The number of aliphatic hydroxyl groups excluding tert-OH is 1. The number of ether oxygens (including phenoxy) is 2. The zero-order chi connectivity index (χ0) is 14.5. The quantitative estimate of drug-likeness (QED) is 0.818. The topological polar surface area (TPSA) is 67.8 Å². The Kier molecular flexibility index (Phi) is 5.18. The molecular formula is C14H21NO4. The molecule has 0 atom stereocenters. The van der Waals surface area contributed by atoms with Crippen molar-refractivity contribution in [2.24, 2.45) is 5.41 Å². The van der Waals surface area contributed by atoms with Gasteiger partial charge in [0.15, 0.2) is 0 Å². The molecule has 19 heavy (non-hydrogen) atoms. The number of benzene rings is 1. The van der Waals surface area contributed by atoms with Gasteiger partial charge < -0.3 is 19.9 Å². The maximum atomic E-state index is 12.0. The lowest BCUT2D eigenvalue weighted by Gasteiger charge is -2.21. The maximum Gasteiger partial charge on any atom is 0.251 e. The second-order valence-electron chi connectivity index (χ2n) is 5.11. The fourth-order valence-corrected chi connectivity index (χ4v) is 1.42. The number of methoxy groups -OCH3 is 2. The predicted octanol–water partition coefficient (Wildman–Crippen LogP) is 1.45. The van der Waals surface area contributed by atoms with Gasteiger partial charge in [-0.15, -0.1) is 0 Å². The summed E-state index contributed by atoms with van der Waals surface area (Å²) in [5.74, 6) is 0.899. The van der Waals surface area contributed by atoms with E-state index in [0.29, 0.717) is 23.6 Å². The van der Waals surface area contributed by atoms with Gasteiger partial charge in [-0.05, 0) is 12.1 Å². The molecule has 0 heterocycles. The lowest BCUT2D eigenvalue weighted by atomic mass is 9.95. The molecule has 5 heteroatoms. The smallest absolute Gasteiger partial charge is 0.251 e. The molecule has 0 saturated heterocycles. The van der Waals surface area contributed by atoms with Crippen LogP contribution in [0.15, 0.2) is 18.2 Å². The van der Waals surface area contributed by atoms with Crippen molar-refractivity contribution >= 4 is 5.91 Å². The van der Waals surface area contributed by atoms with Crippen LogP contribution in [0.5, 0.6) is 11.5 Å². The van der Waals surface area contributed by atoms with Crippen molar-refractivity contribution in [1.82, 2.24) is 5.32 Å². The van der Waals surface area contributed by atoms with E-state index in [9.17, 15) is 4.79 Å². The van der Waals surface area contributed by atoms with Crippen molar-refractivity contribution in [3.8, 4) is 11.5 Å². The second-order valence-corrected chi connectivity index (χ2v) is 5.11. The van der Waals surface area contributed by atoms with Crippen LogP contribution in [0.3, 0.4) is 0 Å². The van der Waals surface area contributed by atoms with E-state index in [1.807, 2.05) is 13.8 Å². The summed E-state index contributed by atoms with van der Waals surface area (Å²) in [5.41, 5.74) is 0.114. The Labute approximate surface area is 113 Å². The third kappa shape index (κ3) is 4.44. The Morgan fingerprint density at radius 3 is 2.16 bits per heavy atom. The van der Waals surface area contributed by atoms with E-state index in [0.717, 1.165) is 0 Å². The van der Waals surface area contributed by atoms with Crippen LogP contribution in [0, 0.1) is 5.41 Å². The van der Waals surface area contributed by atoms with Crippen LogP contribution in [0.1, 0.15) is 24.2 Å². The van der Waals surface area contributed by atoms with Crippen LogP contribution >= 0.6 is 0 Å². The molecule has 0 aliphatic carbocycles. The highest BCUT2D eigenvalue weighted by Crippen LogP contribution is 2.22. The van der Waals surface area contributed by atoms with Gasteiger partial charge in [0.05, 0.1) is 14.2 Å². The SMILES string of the molecule is COc1cc(OC)cc(C(=O)NCC(C)(C)CO)c1. The highest BCUT2D eigenvalue weighted by atomic mass is 16.5. The maximum absolute atomic E-state index is 12.0. The van der Waals surface area contributed by atoms with E-state index in [1.165, 1.54) is 14.2 Å². The lowest BCUT2D eigenvalue weighted by molar-refractivity contribution is 0.0910. The molecule has 1 aromatic rings. The van der Waals surface area contributed by atoms with Gasteiger partial charge in [0, 0.05) is 30.2 Å². The predicted molar refractivity (Wildman–Crippen MR) is 72.7 cm³/mol. The van der Waals surface area contributed by atoms with Crippen molar-refractivity contribution in [3.63, 3.8) is 0 Å². The minimum atomic E-state index is -0.349. The van der Waals surface area contributed by atoms with Gasteiger partial charge >= 0.3 is 0 Å². The molecule has 1 amide bonds. The van der Waals surface area contributed by atoms with E-state index in [4.69, 9.17) is 14.6 Å². The zero-order valence-corrected chi connectivity index (χ0v) is 11.8. The molecule has 0 aliphatic heterocycles. The molecule has 2 N–H and O–H groups in total. The van der Waals surface area contributed by atoms with Crippen molar-refractivity contribution < 1.29 is 19.4 Å². The number of aliphatic hydroxyl groups is 1. The Bertz CT molecular complexity index is 421. The number of carbonyl (C=O) groups is 1. The van der Waals surface area contributed by atoms with E-state index in [2.05, 4.69) is 5.32 Å².